The van der Waals surface area contributed by atoms with Crippen LogP contribution in [0.2, 0.25) is 0 Å². The van der Waals surface area contributed by atoms with Crippen LogP contribution < -0.4 is 5.32 Å². The molecule has 0 aliphatic heterocycles. The number of rotatable bonds is 6. The first-order chi connectivity index (χ1) is 7.77. The maximum absolute atomic E-state index is 11.3. The third-order valence-electron chi connectivity index (χ3n) is 2.44. The van der Waals surface area contributed by atoms with Gasteiger partial charge in [0.2, 0.25) is 0 Å². The molecule has 0 radical (unpaired) electrons. The van der Waals surface area contributed by atoms with Crippen LogP contribution >= 0.6 is 0 Å². The molecule has 1 aromatic rings. The monoisotopic (exact) mass is 221 g/mol. The Balaban J connectivity index is 2.67. The van der Waals surface area contributed by atoms with Crippen LogP contribution in [0.3, 0.4) is 0 Å². The first-order valence-corrected chi connectivity index (χ1v) is 5.63. The fourth-order valence-corrected chi connectivity index (χ4v) is 1.56. The molecule has 0 saturated heterocycles. The van der Waals surface area contributed by atoms with Crippen molar-refractivity contribution in [1.29, 1.82) is 0 Å². The molecule has 0 saturated carbocycles. The first-order valence-electron chi connectivity index (χ1n) is 5.63. The zero-order valence-electron chi connectivity index (χ0n) is 9.90. The molecule has 0 fully saturated rings. The molecule has 1 atom stereocenters. The van der Waals surface area contributed by atoms with Crippen LogP contribution in [0.15, 0.2) is 30.3 Å². The van der Waals surface area contributed by atoms with E-state index in [0.717, 1.165) is 18.5 Å². The molecule has 1 unspecified atom stereocenters. The minimum atomic E-state index is -0.183. The lowest BCUT2D eigenvalue weighted by molar-refractivity contribution is -0.141. The summed E-state index contributed by atoms with van der Waals surface area (Å²) in [5, 5.41) is 3.35. The van der Waals surface area contributed by atoms with Crippen molar-refractivity contribution in [2.24, 2.45) is 0 Å². The molecule has 16 heavy (non-hydrogen) atoms. The molecule has 0 heterocycles. The molecular weight excluding hydrogens is 202 g/mol. The summed E-state index contributed by atoms with van der Waals surface area (Å²) in [4.78, 5) is 11.3. The zero-order chi connectivity index (χ0) is 11.8. The van der Waals surface area contributed by atoms with Crippen LogP contribution in [0, 0.1) is 0 Å². The van der Waals surface area contributed by atoms with Gasteiger partial charge in [0, 0.05) is 6.04 Å². The lowest BCUT2D eigenvalue weighted by atomic mass is 10.0. The van der Waals surface area contributed by atoms with E-state index in [-0.39, 0.29) is 12.0 Å². The number of carbonyl (C=O) groups is 1. The second-order valence-electron chi connectivity index (χ2n) is 3.70. The van der Waals surface area contributed by atoms with Gasteiger partial charge in [0.05, 0.1) is 13.5 Å². The highest BCUT2D eigenvalue weighted by Crippen LogP contribution is 2.16. The van der Waals surface area contributed by atoms with Crippen LogP contribution in [0.5, 0.6) is 0 Å². The number of carbonyl (C=O) groups excluding carboxylic acids is 1. The average Bonchev–Trinajstić information content (AvgIpc) is 2.35. The van der Waals surface area contributed by atoms with Crippen LogP contribution in [0.25, 0.3) is 0 Å². The quantitative estimate of drug-likeness (QED) is 0.749. The Labute approximate surface area is 96.8 Å². The van der Waals surface area contributed by atoms with Gasteiger partial charge in [-0.3, -0.25) is 4.79 Å². The number of nitrogens with one attached hydrogen (secondary N) is 1. The maximum atomic E-state index is 11.3. The Hall–Kier alpha value is -1.35. The lowest BCUT2D eigenvalue weighted by Gasteiger charge is -2.17. The fourth-order valence-electron chi connectivity index (χ4n) is 1.56. The van der Waals surface area contributed by atoms with E-state index >= 15 is 0 Å². The van der Waals surface area contributed by atoms with Gasteiger partial charge in [0.25, 0.3) is 0 Å². The van der Waals surface area contributed by atoms with Crippen molar-refractivity contribution in [3.63, 3.8) is 0 Å². The van der Waals surface area contributed by atoms with Crippen LogP contribution in [-0.4, -0.2) is 19.6 Å². The predicted octanol–water partition coefficient (Wildman–Crippen LogP) is 2.29. The minimum absolute atomic E-state index is 0.0496. The van der Waals surface area contributed by atoms with Crippen molar-refractivity contribution >= 4 is 5.97 Å². The van der Waals surface area contributed by atoms with Crippen molar-refractivity contribution in [3.8, 4) is 0 Å². The molecule has 1 aromatic carbocycles. The Kier molecular flexibility index (Phi) is 5.57. The van der Waals surface area contributed by atoms with Crippen molar-refractivity contribution in [2.45, 2.75) is 25.8 Å². The molecular formula is C13H19NO2. The SMILES string of the molecule is CCCNC(CC(=O)OC)c1ccccc1. The Morgan fingerprint density at radius 2 is 2.06 bits per heavy atom. The van der Waals surface area contributed by atoms with Gasteiger partial charge in [-0.2, -0.15) is 0 Å². The minimum Gasteiger partial charge on any atom is -0.469 e. The van der Waals surface area contributed by atoms with Gasteiger partial charge in [0.1, 0.15) is 0 Å². The molecule has 88 valence electrons. The topological polar surface area (TPSA) is 38.3 Å². The first kappa shape index (κ1) is 12.7. The Morgan fingerprint density at radius 3 is 2.62 bits per heavy atom. The number of hydrogen-bond donors (Lipinski definition) is 1. The summed E-state index contributed by atoms with van der Waals surface area (Å²) in [6, 6.07) is 10.0. The maximum Gasteiger partial charge on any atom is 0.307 e. The summed E-state index contributed by atoms with van der Waals surface area (Å²) >= 11 is 0. The zero-order valence-corrected chi connectivity index (χ0v) is 9.90. The van der Waals surface area contributed by atoms with E-state index in [1.165, 1.54) is 7.11 Å². The molecule has 3 nitrogen and oxygen atoms in total. The van der Waals surface area contributed by atoms with E-state index in [1.807, 2.05) is 30.3 Å². The van der Waals surface area contributed by atoms with Crippen LogP contribution in [0.1, 0.15) is 31.4 Å². The van der Waals surface area contributed by atoms with Crippen molar-refractivity contribution < 1.29 is 9.53 Å². The molecule has 0 bridgehead atoms. The van der Waals surface area contributed by atoms with Gasteiger partial charge in [-0.25, -0.2) is 0 Å². The van der Waals surface area contributed by atoms with E-state index in [4.69, 9.17) is 4.74 Å². The molecule has 0 spiro atoms. The van der Waals surface area contributed by atoms with Crippen molar-refractivity contribution in [1.82, 2.24) is 5.32 Å². The molecule has 0 aliphatic rings. The average molecular weight is 221 g/mol. The van der Waals surface area contributed by atoms with Crippen molar-refractivity contribution in [2.75, 3.05) is 13.7 Å². The smallest absolute Gasteiger partial charge is 0.307 e. The van der Waals surface area contributed by atoms with Gasteiger partial charge < -0.3 is 10.1 Å². The number of hydrogen-bond acceptors (Lipinski definition) is 3. The van der Waals surface area contributed by atoms with Gasteiger partial charge in [-0.15, -0.1) is 0 Å². The summed E-state index contributed by atoms with van der Waals surface area (Å²) < 4.78 is 4.70. The summed E-state index contributed by atoms with van der Waals surface area (Å²) in [6.07, 6.45) is 1.42. The number of methoxy groups -OCH3 is 1. The van der Waals surface area contributed by atoms with E-state index < -0.39 is 0 Å². The largest absolute Gasteiger partial charge is 0.469 e. The van der Waals surface area contributed by atoms with Gasteiger partial charge >= 0.3 is 5.97 Å². The highest BCUT2D eigenvalue weighted by Gasteiger charge is 2.14. The number of benzene rings is 1. The Morgan fingerprint density at radius 1 is 1.38 bits per heavy atom. The number of esters is 1. The standard InChI is InChI=1S/C13H19NO2/c1-3-9-14-12(10-13(15)16-2)11-7-5-4-6-8-11/h4-8,12,14H,3,9-10H2,1-2H3. The summed E-state index contributed by atoms with van der Waals surface area (Å²) in [7, 11) is 1.42. The lowest BCUT2D eigenvalue weighted by Crippen LogP contribution is -2.25. The third-order valence-corrected chi connectivity index (χ3v) is 2.44. The van der Waals surface area contributed by atoms with E-state index in [0.29, 0.717) is 6.42 Å². The molecule has 0 aromatic heterocycles. The van der Waals surface area contributed by atoms with E-state index in [1.54, 1.807) is 0 Å². The summed E-state index contributed by atoms with van der Waals surface area (Å²) in [5.41, 5.74) is 1.13. The Bertz CT molecular complexity index is 311. The fraction of sp³-hybridized carbons (Fsp3) is 0.462. The predicted molar refractivity (Wildman–Crippen MR) is 64.1 cm³/mol. The molecule has 3 heteroatoms. The molecule has 0 amide bonds. The van der Waals surface area contributed by atoms with Gasteiger partial charge in [-0.1, -0.05) is 37.3 Å². The van der Waals surface area contributed by atoms with Crippen LogP contribution in [-0.2, 0) is 9.53 Å². The third kappa shape index (κ3) is 4.03. The second-order valence-corrected chi connectivity index (χ2v) is 3.70. The highest BCUT2D eigenvalue weighted by atomic mass is 16.5. The molecule has 1 N–H and O–H groups in total. The second kappa shape index (κ2) is 7.01. The normalized spacial score (nSPS) is 12.1. The van der Waals surface area contributed by atoms with Crippen molar-refractivity contribution in [3.05, 3.63) is 35.9 Å². The van der Waals surface area contributed by atoms with Gasteiger partial charge in [0.15, 0.2) is 0 Å². The number of ether oxygens (including phenoxy) is 1. The van der Waals surface area contributed by atoms with E-state index in [9.17, 15) is 4.79 Å². The van der Waals surface area contributed by atoms with Gasteiger partial charge in [-0.05, 0) is 18.5 Å². The molecule has 0 aliphatic carbocycles. The summed E-state index contributed by atoms with van der Waals surface area (Å²) in [5.74, 6) is -0.183. The summed E-state index contributed by atoms with van der Waals surface area (Å²) in [6.45, 7) is 3.00. The van der Waals surface area contributed by atoms with Crippen LogP contribution in [0.4, 0.5) is 0 Å². The highest BCUT2D eigenvalue weighted by molar-refractivity contribution is 5.70. The van der Waals surface area contributed by atoms with E-state index in [2.05, 4.69) is 12.2 Å². The molecule has 1 rings (SSSR count).